The van der Waals surface area contributed by atoms with Gasteiger partial charge in [0.05, 0.1) is 25.0 Å². The van der Waals surface area contributed by atoms with Gasteiger partial charge in [-0.05, 0) is 62.3 Å². The van der Waals surface area contributed by atoms with E-state index in [9.17, 15) is 9.18 Å². The molecule has 0 aliphatic rings. The Morgan fingerprint density at radius 3 is 2.70 bits per heavy atom. The van der Waals surface area contributed by atoms with Crippen molar-refractivity contribution >= 4 is 11.7 Å². The van der Waals surface area contributed by atoms with Gasteiger partial charge in [0.25, 0.3) is 0 Å². The van der Waals surface area contributed by atoms with E-state index in [0.29, 0.717) is 18.9 Å². The van der Waals surface area contributed by atoms with Crippen molar-refractivity contribution in [1.29, 1.82) is 0 Å². The van der Waals surface area contributed by atoms with Crippen molar-refractivity contribution in [2.45, 2.75) is 19.4 Å². The highest BCUT2D eigenvalue weighted by molar-refractivity contribution is 5.91. The molecule has 0 aliphatic heterocycles. The second-order valence-electron chi connectivity index (χ2n) is 8.03. The van der Waals surface area contributed by atoms with Gasteiger partial charge in [-0.1, -0.05) is 30.3 Å². The molecule has 8 heteroatoms. The van der Waals surface area contributed by atoms with E-state index in [1.54, 1.807) is 29.1 Å². The molecular formula is C25H27FN6O. The summed E-state index contributed by atoms with van der Waals surface area (Å²) < 4.78 is 14.9. The summed E-state index contributed by atoms with van der Waals surface area (Å²) in [5.41, 5.74) is 3.80. The predicted octanol–water partition coefficient (Wildman–Crippen LogP) is 3.96. The fourth-order valence-corrected chi connectivity index (χ4v) is 3.63. The molecule has 170 valence electrons. The number of hydrogen-bond donors (Lipinski definition) is 2. The molecule has 0 aliphatic carbocycles. The Morgan fingerprint density at radius 1 is 1.12 bits per heavy atom. The van der Waals surface area contributed by atoms with Crippen LogP contribution >= 0.6 is 0 Å². The quantitative estimate of drug-likeness (QED) is 0.386. The van der Waals surface area contributed by atoms with Crippen molar-refractivity contribution in [3.8, 4) is 11.3 Å². The summed E-state index contributed by atoms with van der Waals surface area (Å²) in [5.74, 6) is 0.345. The summed E-state index contributed by atoms with van der Waals surface area (Å²) in [4.78, 5) is 14.5. The Labute approximate surface area is 192 Å². The first-order valence-electron chi connectivity index (χ1n) is 10.9. The molecule has 4 rings (SSSR count). The van der Waals surface area contributed by atoms with Gasteiger partial charge in [-0.15, -0.1) is 0 Å². The molecule has 2 aromatic carbocycles. The van der Waals surface area contributed by atoms with E-state index in [4.69, 9.17) is 0 Å². The topological polar surface area (TPSA) is 78.8 Å². The molecule has 0 radical (unpaired) electrons. The fraction of sp³-hybridized carbons (Fsp3) is 0.240. The number of carbonyl (C=O) groups is 1. The number of anilines is 1. The predicted molar refractivity (Wildman–Crippen MR) is 126 cm³/mol. The number of hydrogen-bond acceptors (Lipinski definition) is 4. The Bertz CT molecular complexity index is 1170. The number of amides is 1. The maximum Gasteiger partial charge on any atom is 0.239 e. The Hall–Kier alpha value is -3.78. The van der Waals surface area contributed by atoms with Gasteiger partial charge in [-0.3, -0.25) is 14.8 Å². The summed E-state index contributed by atoms with van der Waals surface area (Å²) in [6.07, 6.45) is 3.37. The largest absolute Gasteiger partial charge is 0.310 e. The lowest BCUT2D eigenvalue weighted by atomic mass is 10.1. The number of H-pyrrole nitrogens is 1. The van der Waals surface area contributed by atoms with Gasteiger partial charge in [0.2, 0.25) is 5.91 Å². The Balaban J connectivity index is 1.21. The number of nitrogens with zero attached hydrogens (tertiary/aromatic N) is 4. The zero-order valence-electron chi connectivity index (χ0n) is 18.5. The first-order valence-corrected chi connectivity index (χ1v) is 10.9. The van der Waals surface area contributed by atoms with E-state index in [-0.39, 0.29) is 11.7 Å². The van der Waals surface area contributed by atoms with Crippen LogP contribution in [0.4, 0.5) is 10.2 Å². The number of benzene rings is 2. The van der Waals surface area contributed by atoms with E-state index in [1.165, 1.54) is 12.1 Å². The number of likely N-dealkylation sites (N-methyl/N-ethyl adjacent to an activating group) is 1. The molecule has 33 heavy (non-hydrogen) atoms. The highest BCUT2D eigenvalue weighted by Crippen LogP contribution is 2.18. The van der Waals surface area contributed by atoms with Gasteiger partial charge in [-0.2, -0.15) is 10.2 Å². The number of rotatable bonds is 10. The number of aryl methyl sites for hydroxylation is 1. The van der Waals surface area contributed by atoms with Crippen LogP contribution in [0.5, 0.6) is 0 Å². The van der Waals surface area contributed by atoms with Crippen LogP contribution < -0.4 is 5.32 Å². The van der Waals surface area contributed by atoms with Crippen LogP contribution in [0.3, 0.4) is 0 Å². The van der Waals surface area contributed by atoms with E-state index in [2.05, 4.69) is 20.6 Å². The first kappa shape index (κ1) is 22.4. The molecule has 0 unspecified atom stereocenters. The monoisotopic (exact) mass is 446 g/mol. The molecule has 0 spiro atoms. The van der Waals surface area contributed by atoms with Gasteiger partial charge >= 0.3 is 0 Å². The molecule has 0 saturated heterocycles. The minimum absolute atomic E-state index is 0.0764. The van der Waals surface area contributed by atoms with Gasteiger partial charge < -0.3 is 5.32 Å². The number of nitrogens with one attached hydrogen (secondary N) is 2. The van der Waals surface area contributed by atoms with Crippen molar-refractivity contribution in [1.82, 2.24) is 24.9 Å². The molecule has 4 aromatic rings. The van der Waals surface area contributed by atoms with Crippen molar-refractivity contribution in [3.63, 3.8) is 0 Å². The molecule has 7 nitrogen and oxygen atoms in total. The lowest BCUT2D eigenvalue weighted by molar-refractivity contribution is -0.117. The highest BCUT2D eigenvalue weighted by atomic mass is 19.1. The Kier molecular flexibility index (Phi) is 7.26. The number of halogens is 1. The van der Waals surface area contributed by atoms with Crippen LogP contribution in [0.1, 0.15) is 17.7 Å². The van der Waals surface area contributed by atoms with Crippen LogP contribution in [0.2, 0.25) is 0 Å². The number of aromatic nitrogens is 4. The average molecular weight is 447 g/mol. The van der Waals surface area contributed by atoms with Crippen molar-refractivity contribution < 1.29 is 9.18 Å². The number of carbonyl (C=O) groups excluding carboxylic acids is 1. The zero-order valence-corrected chi connectivity index (χ0v) is 18.5. The molecule has 2 aromatic heterocycles. The summed E-state index contributed by atoms with van der Waals surface area (Å²) in [5, 5.41) is 14.6. The molecule has 0 atom stereocenters. The van der Waals surface area contributed by atoms with Crippen molar-refractivity contribution in [2.75, 3.05) is 25.5 Å². The third kappa shape index (κ3) is 6.36. The van der Waals surface area contributed by atoms with Gasteiger partial charge in [-0.25, -0.2) is 9.07 Å². The molecule has 1 amide bonds. The van der Waals surface area contributed by atoms with Gasteiger partial charge in [0, 0.05) is 17.3 Å². The third-order valence-electron chi connectivity index (χ3n) is 5.33. The summed E-state index contributed by atoms with van der Waals surface area (Å²) in [6, 6.07) is 20.1. The first-order chi connectivity index (χ1) is 16.1. The van der Waals surface area contributed by atoms with E-state index >= 15 is 0 Å². The Morgan fingerprint density at radius 2 is 1.91 bits per heavy atom. The lowest BCUT2D eigenvalue weighted by Crippen LogP contribution is -2.31. The lowest BCUT2D eigenvalue weighted by Gasteiger charge is -2.16. The highest BCUT2D eigenvalue weighted by Gasteiger charge is 2.11. The molecular weight excluding hydrogens is 419 g/mol. The van der Waals surface area contributed by atoms with Crippen LogP contribution in [0.15, 0.2) is 72.9 Å². The minimum Gasteiger partial charge on any atom is -0.310 e. The summed E-state index contributed by atoms with van der Waals surface area (Å²) >= 11 is 0. The number of aromatic amines is 1. The van der Waals surface area contributed by atoms with Crippen LogP contribution in [0.25, 0.3) is 11.3 Å². The fourth-order valence-electron chi connectivity index (χ4n) is 3.63. The normalized spacial score (nSPS) is 11.1. The maximum absolute atomic E-state index is 13.1. The van der Waals surface area contributed by atoms with Crippen molar-refractivity contribution in [2.24, 2.45) is 0 Å². The van der Waals surface area contributed by atoms with Gasteiger partial charge in [0.15, 0.2) is 0 Å². The molecule has 0 saturated carbocycles. The van der Waals surface area contributed by atoms with Crippen molar-refractivity contribution in [3.05, 3.63) is 90.0 Å². The smallest absolute Gasteiger partial charge is 0.239 e. The summed E-state index contributed by atoms with van der Waals surface area (Å²) in [6.45, 7) is 1.66. The van der Waals surface area contributed by atoms with Crippen LogP contribution in [-0.2, 0) is 17.8 Å². The maximum atomic E-state index is 13.1. The van der Waals surface area contributed by atoms with E-state index in [1.807, 2.05) is 48.3 Å². The summed E-state index contributed by atoms with van der Waals surface area (Å²) in [7, 11) is 1.93. The zero-order chi connectivity index (χ0) is 23.0. The van der Waals surface area contributed by atoms with E-state index in [0.717, 1.165) is 41.9 Å². The van der Waals surface area contributed by atoms with Gasteiger partial charge in [0.1, 0.15) is 11.6 Å². The standard InChI is InChI=1S/C25H27FN6O/c1-31(15-5-8-22-16-23(30-29-22)20-9-11-21(26)12-10-20)18-25(33)28-24-13-14-27-32(24)17-19-6-3-2-4-7-19/h2-4,6-7,9-14,16H,5,8,15,17-18H2,1H3,(H,28,33)(H,29,30). The molecule has 2 heterocycles. The average Bonchev–Trinajstić information content (AvgIpc) is 3.45. The van der Waals surface area contributed by atoms with Crippen LogP contribution in [-0.4, -0.2) is 50.9 Å². The second kappa shape index (κ2) is 10.7. The third-order valence-corrected chi connectivity index (χ3v) is 5.33. The second-order valence-corrected chi connectivity index (χ2v) is 8.03. The SMILES string of the molecule is CN(CCCc1cc(-c2ccc(F)cc2)n[nH]1)CC(=O)Nc1ccnn1Cc1ccccc1. The molecule has 0 fully saturated rings. The molecule has 0 bridgehead atoms. The van der Waals surface area contributed by atoms with Crippen LogP contribution in [0, 0.1) is 5.82 Å². The minimum atomic E-state index is -0.262. The molecule has 2 N–H and O–H groups in total. The van der Waals surface area contributed by atoms with E-state index < -0.39 is 0 Å².